The number of Topliss-reactive ketones (excluding diaryl/α,β-unsaturated/α-hetero) is 2. The molecule has 0 atom stereocenters. The van der Waals surface area contributed by atoms with Crippen LogP contribution in [-0.4, -0.2) is 84.2 Å². The number of ketones is 2. The molecular formula is C40H32F4N8O11. The Morgan fingerprint density at radius 2 is 1.14 bits per heavy atom. The first-order valence-electron chi connectivity index (χ1n) is 17.5. The van der Waals surface area contributed by atoms with Crippen LogP contribution in [0.5, 0.6) is 5.75 Å². The van der Waals surface area contributed by atoms with Crippen LogP contribution in [0.4, 0.5) is 28.9 Å². The molecule has 0 aliphatic heterocycles. The number of hydrogen-bond acceptors (Lipinski definition) is 15. The highest BCUT2D eigenvalue weighted by Gasteiger charge is 2.33. The molecule has 0 saturated heterocycles. The van der Waals surface area contributed by atoms with E-state index in [1.807, 2.05) is 0 Å². The highest BCUT2D eigenvalue weighted by Crippen LogP contribution is 2.31. The van der Waals surface area contributed by atoms with Crippen LogP contribution < -0.4 is 4.74 Å². The van der Waals surface area contributed by atoms with Gasteiger partial charge in [0.05, 0.1) is 66.4 Å². The van der Waals surface area contributed by atoms with Gasteiger partial charge in [-0.2, -0.15) is 10.2 Å². The Morgan fingerprint density at radius 1 is 0.667 bits per heavy atom. The lowest BCUT2D eigenvalue weighted by atomic mass is 9.94. The molecule has 4 aromatic carbocycles. The van der Waals surface area contributed by atoms with Crippen LogP contribution in [0.15, 0.2) is 85.5 Å². The molecule has 326 valence electrons. The third-order valence-corrected chi connectivity index (χ3v) is 8.43. The number of carbonyl (C=O) groups is 4. The molecule has 23 heteroatoms. The first-order chi connectivity index (χ1) is 29.9. The Labute approximate surface area is 352 Å². The van der Waals surface area contributed by atoms with Gasteiger partial charge < -0.3 is 14.2 Å². The molecule has 0 aliphatic carbocycles. The van der Waals surface area contributed by atoms with Gasteiger partial charge in [-0.05, 0) is 60.2 Å². The largest absolute Gasteiger partial charge is 0.497 e. The van der Waals surface area contributed by atoms with Crippen molar-refractivity contribution < 1.29 is 60.8 Å². The monoisotopic (exact) mass is 876 g/mol. The summed E-state index contributed by atoms with van der Waals surface area (Å²) in [4.78, 5) is 78.4. The number of esters is 2. The van der Waals surface area contributed by atoms with Crippen LogP contribution in [-0.2, 0) is 30.0 Å². The lowest BCUT2D eigenvalue weighted by Gasteiger charge is -2.11. The molecule has 0 N–H and O–H groups in total. The lowest BCUT2D eigenvalue weighted by molar-refractivity contribution is -0.385. The van der Waals surface area contributed by atoms with Gasteiger partial charge in [0.15, 0.2) is 11.6 Å². The Morgan fingerprint density at radius 3 is 1.59 bits per heavy atom. The standard InChI is InChI=1S/C20H14F2N4O5.C13H11FN4O5.C7H7FO/c1-25-19(23-10-24-25)15(7-11-3-5-12(21)6-4-11)18(27)17-14(20(28)31-2)8-13(22)9-16(17)26(29)30;1-17-11(15-6-16-17)5-10(19)12-8(13(20)23-2)3-7(14)4-9(12)18(21)22;1-9-7-4-2-6(8)3-5-7/h3-10H,1-2H3;3-4,6H,5H2,1-2H3;2-5H,1H3/b15-7-;;. The number of nitrogens with zero attached hydrogens (tertiary/aromatic N) is 8. The number of benzene rings is 4. The number of rotatable bonds is 12. The smallest absolute Gasteiger partial charge is 0.338 e. The summed E-state index contributed by atoms with van der Waals surface area (Å²) < 4.78 is 69.3. The second-order valence-corrected chi connectivity index (χ2v) is 12.4. The Kier molecular flexibility index (Phi) is 15.8. The van der Waals surface area contributed by atoms with Crippen LogP contribution in [0, 0.1) is 43.5 Å². The van der Waals surface area contributed by atoms with E-state index >= 15 is 0 Å². The van der Waals surface area contributed by atoms with Crippen molar-refractivity contribution in [3.8, 4) is 5.75 Å². The molecule has 0 unspecified atom stereocenters. The predicted molar refractivity (Wildman–Crippen MR) is 210 cm³/mol. The Balaban J connectivity index is 0.000000237. The number of nitro groups is 2. The molecule has 6 aromatic rings. The summed E-state index contributed by atoms with van der Waals surface area (Å²) in [5.74, 6) is -5.87. The number of aryl methyl sites for hydroxylation is 2. The summed E-state index contributed by atoms with van der Waals surface area (Å²) in [6.07, 6.45) is 3.33. The van der Waals surface area contributed by atoms with E-state index in [2.05, 4.69) is 29.6 Å². The number of allylic oxidation sites excluding steroid dienone is 1. The number of halogens is 4. The molecule has 0 bridgehead atoms. The zero-order chi connectivity index (χ0) is 46.5. The molecule has 0 saturated carbocycles. The van der Waals surface area contributed by atoms with Crippen molar-refractivity contribution in [3.63, 3.8) is 0 Å². The van der Waals surface area contributed by atoms with Gasteiger partial charge in [0.1, 0.15) is 58.6 Å². The van der Waals surface area contributed by atoms with Gasteiger partial charge in [0.2, 0.25) is 5.78 Å². The lowest BCUT2D eigenvalue weighted by Crippen LogP contribution is -2.17. The summed E-state index contributed by atoms with van der Waals surface area (Å²) >= 11 is 0. The fraction of sp³-hybridized carbons (Fsp3) is 0.150. The van der Waals surface area contributed by atoms with Gasteiger partial charge in [-0.1, -0.05) is 12.1 Å². The SMILES string of the molecule is COC(=O)c1cc(F)cc([N+](=O)[O-])c1C(=O)/C(=C/c1ccc(F)cc1)c1ncnn1C.COC(=O)c1cc(F)cc([N+](=O)[O-])c1C(=O)Cc1ncnn1C.COc1ccc(F)cc1. The first kappa shape index (κ1) is 47.2. The van der Waals surface area contributed by atoms with Crippen molar-refractivity contribution in [2.45, 2.75) is 6.42 Å². The molecule has 2 heterocycles. The summed E-state index contributed by atoms with van der Waals surface area (Å²) in [6.45, 7) is 0. The van der Waals surface area contributed by atoms with Crippen LogP contribution >= 0.6 is 0 Å². The van der Waals surface area contributed by atoms with E-state index in [1.54, 1.807) is 19.2 Å². The van der Waals surface area contributed by atoms with E-state index in [1.165, 1.54) is 60.1 Å². The maximum Gasteiger partial charge on any atom is 0.338 e. The second-order valence-electron chi connectivity index (χ2n) is 12.4. The fourth-order valence-corrected chi connectivity index (χ4v) is 5.46. The van der Waals surface area contributed by atoms with E-state index in [0.717, 1.165) is 38.7 Å². The highest BCUT2D eigenvalue weighted by atomic mass is 19.1. The third kappa shape index (κ3) is 11.8. The number of ether oxygens (including phenoxy) is 3. The molecule has 0 aliphatic rings. The number of hydrogen-bond donors (Lipinski definition) is 0. The van der Waals surface area contributed by atoms with Gasteiger partial charge in [-0.15, -0.1) is 0 Å². The summed E-state index contributed by atoms with van der Waals surface area (Å²) in [5.41, 5.74) is -3.86. The van der Waals surface area contributed by atoms with Crippen molar-refractivity contribution in [1.82, 2.24) is 29.5 Å². The van der Waals surface area contributed by atoms with Crippen molar-refractivity contribution in [2.24, 2.45) is 14.1 Å². The normalized spacial score (nSPS) is 10.7. The van der Waals surface area contributed by atoms with Gasteiger partial charge >= 0.3 is 11.9 Å². The average Bonchev–Trinajstić information content (AvgIpc) is 3.88. The minimum Gasteiger partial charge on any atom is -0.497 e. The molecule has 0 fully saturated rings. The molecule has 0 amide bonds. The molecule has 2 aromatic heterocycles. The Bertz CT molecular complexity index is 2720. The number of aromatic nitrogens is 6. The minimum atomic E-state index is -1.13. The van der Waals surface area contributed by atoms with Gasteiger partial charge in [0, 0.05) is 14.1 Å². The average molecular weight is 877 g/mol. The van der Waals surface area contributed by atoms with Crippen molar-refractivity contribution in [2.75, 3.05) is 21.3 Å². The van der Waals surface area contributed by atoms with E-state index in [-0.39, 0.29) is 29.5 Å². The van der Waals surface area contributed by atoms with Gasteiger partial charge in [-0.25, -0.2) is 41.8 Å². The highest BCUT2D eigenvalue weighted by molar-refractivity contribution is 6.34. The molecule has 0 radical (unpaired) electrons. The first-order valence-corrected chi connectivity index (χ1v) is 17.5. The van der Waals surface area contributed by atoms with E-state index < -0.39 is 84.4 Å². The Hall–Kier alpha value is -8.50. The van der Waals surface area contributed by atoms with Crippen LogP contribution in [0.25, 0.3) is 11.6 Å². The maximum absolute atomic E-state index is 14.0. The fourth-order valence-electron chi connectivity index (χ4n) is 5.46. The molecule has 0 spiro atoms. The quantitative estimate of drug-likeness (QED) is 0.0336. The van der Waals surface area contributed by atoms with Crippen molar-refractivity contribution in [3.05, 3.63) is 168 Å². The number of nitro benzene ring substituents is 2. The van der Waals surface area contributed by atoms with E-state index in [9.17, 15) is 57.0 Å². The zero-order valence-corrected chi connectivity index (χ0v) is 33.4. The molecule has 63 heavy (non-hydrogen) atoms. The maximum atomic E-state index is 14.0. The van der Waals surface area contributed by atoms with Crippen LogP contribution in [0.3, 0.4) is 0 Å². The van der Waals surface area contributed by atoms with E-state index in [4.69, 9.17) is 4.74 Å². The van der Waals surface area contributed by atoms with Crippen LogP contribution in [0.1, 0.15) is 58.6 Å². The number of methoxy groups -OCH3 is 3. The number of carbonyl (C=O) groups excluding carboxylic acids is 4. The van der Waals surface area contributed by atoms with Crippen molar-refractivity contribution in [1.29, 1.82) is 0 Å². The van der Waals surface area contributed by atoms with E-state index in [0.29, 0.717) is 29.5 Å². The van der Waals surface area contributed by atoms with Crippen LogP contribution in [0.2, 0.25) is 0 Å². The molecule has 19 nitrogen and oxygen atoms in total. The molecule has 6 rings (SSSR count). The topological polar surface area (TPSA) is 244 Å². The minimum absolute atomic E-state index is 0.0174. The summed E-state index contributed by atoms with van der Waals surface area (Å²) in [7, 11) is 6.58. The molecular weight excluding hydrogens is 844 g/mol. The summed E-state index contributed by atoms with van der Waals surface area (Å²) in [6, 6.07) is 13.5. The zero-order valence-electron chi connectivity index (χ0n) is 33.4. The predicted octanol–water partition coefficient (Wildman–Crippen LogP) is 6.12. The summed E-state index contributed by atoms with van der Waals surface area (Å²) in [5, 5.41) is 30.3. The third-order valence-electron chi connectivity index (χ3n) is 8.43. The van der Waals surface area contributed by atoms with Gasteiger partial charge in [-0.3, -0.25) is 34.5 Å². The van der Waals surface area contributed by atoms with Crippen molar-refractivity contribution >= 4 is 46.5 Å². The van der Waals surface area contributed by atoms with Gasteiger partial charge in [0.25, 0.3) is 11.4 Å². The second kappa shape index (κ2) is 21.1.